The van der Waals surface area contributed by atoms with Gasteiger partial charge in [-0.2, -0.15) is 4.89 Å². The first-order valence-electron chi connectivity index (χ1n) is 8.96. The zero-order valence-electron chi connectivity index (χ0n) is 13.9. The van der Waals surface area contributed by atoms with Gasteiger partial charge in [-0.25, -0.2) is 0 Å². The third-order valence-corrected chi connectivity index (χ3v) is 8.22. The molecule has 1 saturated heterocycles. The molecule has 5 fully saturated rings. The lowest BCUT2D eigenvalue weighted by Crippen LogP contribution is -2.69. The van der Waals surface area contributed by atoms with Gasteiger partial charge >= 0.3 is 5.48 Å². The first-order chi connectivity index (χ1) is 11.7. The molecule has 1 heterocycles. The molecule has 2 atom stereocenters. The van der Waals surface area contributed by atoms with E-state index in [0.717, 1.165) is 42.3 Å². The summed E-state index contributed by atoms with van der Waals surface area (Å²) in [7, 11) is -0.126. The van der Waals surface area contributed by atoms with Crippen molar-refractivity contribution in [2.45, 2.75) is 44.3 Å². The Balaban J connectivity index is 1.58. The van der Waals surface area contributed by atoms with Crippen molar-refractivity contribution in [2.75, 3.05) is 7.11 Å². The second-order valence-electron chi connectivity index (χ2n) is 8.12. The van der Waals surface area contributed by atoms with Gasteiger partial charge in [-0.05, 0) is 68.4 Å². The molecule has 2 unspecified atom stereocenters. The third-order valence-electron chi connectivity index (χ3n) is 6.72. The topological polar surface area (TPSA) is 50.8 Å². The number of hydrogen-bond acceptors (Lipinski definition) is 4. The van der Waals surface area contributed by atoms with Crippen molar-refractivity contribution in [3.05, 3.63) is 30.3 Å². The molecule has 0 amide bonds. The van der Waals surface area contributed by atoms with Crippen LogP contribution in [0.2, 0.25) is 0 Å². The molecule has 0 N–H and O–H groups in total. The van der Waals surface area contributed by atoms with Gasteiger partial charge in [0.1, 0.15) is 13.1 Å². The zero-order valence-corrected chi connectivity index (χ0v) is 14.8. The predicted octanol–water partition coefficient (Wildman–Crippen LogP) is 2.72. The Hall–Kier alpha value is -0.770. The Kier molecular flexibility index (Phi) is 3.46. The quantitative estimate of drug-likeness (QED) is 0.624. The summed E-state index contributed by atoms with van der Waals surface area (Å²) >= 11 is 0. The Labute approximate surface area is 143 Å². The van der Waals surface area contributed by atoms with Crippen LogP contribution in [0, 0.1) is 23.2 Å². The molecule has 24 heavy (non-hydrogen) atoms. The lowest BCUT2D eigenvalue weighted by atomic mass is 9.47. The summed E-state index contributed by atoms with van der Waals surface area (Å²) in [4.78, 5) is 24.1. The Morgan fingerprint density at radius 1 is 1.04 bits per heavy atom. The zero-order chi connectivity index (χ0) is 16.4. The molecule has 1 aliphatic heterocycles. The molecule has 4 bridgehead atoms. The Morgan fingerprint density at radius 2 is 1.62 bits per heavy atom. The number of hydrogen-bond donors (Lipinski definition) is 0. The molecule has 0 radical (unpaired) electrons. The van der Waals surface area contributed by atoms with Crippen LogP contribution in [0.3, 0.4) is 0 Å². The van der Waals surface area contributed by atoms with E-state index in [9.17, 15) is 4.89 Å². The molecular formula is C19H23O4P. The fraction of sp³-hybridized carbons (Fsp3) is 0.632. The lowest BCUT2D eigenvalue weighted by Gasteiger charge is -2.62. The first-order valence-corrected chi connectivity index (χ1v) is 10.2. The molecule has 128 valence electrons. The molecule has 4 saturated carbocycles. The van der Waals surface area contributed by atoms with Crippen molar-refractivity contribution in [1.82, 2.24) is 0 Å². The Morgan fingerprint density at radius 3 is 2.08 bits per heavy atom. The summed E-state index contributed by atoms with van der Waals surface area (Å²) in [5, 5.41) is 0.775. The maximum absolute atomic E-state index is 13.1. The van der Waals surface area contributed by atoms with Crippen molar-refractivity contribution in [2.24, 2.45) is 23.2 Å². The first kappa shape index (κ1) is 15.5. The van der Waals surface area contributed by atoms with Crippen molar-refractivity contribution < 1.29 is 19.4 Å². The molecular weight excluding hydrogens is 323 g/mol. The van der Waals surface area contributed by atoms with E-state index in [2.05, 4.69) is 0 Å². The highest BCUT2D eigenvalue weighted by Crippen LogP contribution is 2.66. The van der Waals surface area contributed by atoms with Gasteiger partial charge in [-0.3, -0.25) is 0 Å². The Bertz CT molecular complexity index is 647. The van der Waals surface area contributed by atoms with Crippen molar-refractivity contribution in [3.8, 4) is 0 Å². The van der Waals surface area contributed by atoms with Crippen molar-refractivity contribution >= 4 is 18.6 Å². The van der Waals surface area contributed by atoms with Crippen LogP contribution in [-0.4, -0.2) is 18.4 Å². The van der Waals surface area contributed by atoms with Gasteiger partial charge in [0.05, 0.1) is 0 Å². The molecule has 4 nitrogen and oxygen atoms in total. The van der Waals surface area contributed by atoms with Gasteiger partial charge in [-0.15, -0.1) is 4.89 Å². The maximum Gasteiger partial charge on any atom is 0.319 e. The van der Waals surface area contributed by atoms with E-state index in [-0.39, 0.29) is 5.41 Å². The van der Waals surface area contributed by atoms with Gasteiger partial charge in [0.2, 0.25) is 0 Å². The van der Waals surface area contributed by atoms with Crippen LogP contribution < -0.4 is 10.2 Å². The van der Waals surface area contributed by atoms with E-state index in [1.165, 1.54) is 19.3 Å². The summed E-state index contributed by atoms with van der Waals surface area (Å²) < 4.78 is 5.95. The monoisotopic (exact) mass is 346 g/mol. The van der Waals surface area contributed by atoms with Gasteiger partial charge in [0.25, 0.3) is 5.79 Å². The standard InChI is InChI=1S/C19H23O4P/c1-21-19(17(22-23-19)24(20)16-5-3-2-4-6-16)18-10-13-7-14(11-18)9-15(8-13)12-18/h2-6,13-15H,7-12H2,1H3. The van der Waals surface area contributed by atoms with E-state index in [1.807, 2.05) is 30.3 Å². The smallest absolute Gasteiger partial charge is 0.319 e. The van der Waals surface area contributed by atoms with Crippen molar-refractivity contribution in [3.63, 3.8) is 0 Å². The highest BCUT2D eigenvalue weighted by atomic mass is 31.1. The molecule has 0 aromatic heterocycles. The molecule has 0 spiro atoms. The summed E-state index contributed by atoms with van der Waals surface area (Å²) in [5.41, 5.74) is 0.428. The molecule has 4 aliphatic carbocycles. The van der Waals surface area contributed by atoms with Crippen LogP contribution in [0.1, 0.15) is 38.5 Å². The van der Waals surface area contributed by atoms with Crippen molar-refractivity contribution in [1.29, 1.82) is 0 Å². The van der Waals surface area contributed by atoms with E-state index in [4.69, 9.17) is 14.5 Å². The van der Waals surface area contributed by atoms with Crippen LogP contribution >= 0.6 is 7.77 Å². The maximum atomic E-state index is 13.1. The number of methoxy groups -OCH3 is 1. The normalized spacial score (nSPS) is 45.2. The average Bonchev–Trinajstić information content (AvgIpc) is 2.54. The minimum absolute atomic E-state index is 0.0656. The molecule has 5 heteroatoms. The fourth-order valence-electron chi connectivity index (χ4n) is 6.17. The minimum Gasteiger partial charge on any atom is -0.624 e. The van der Waals surface area contributed by atoms with Gasteiger partial charge < -0.3 is 9.63 Å². The number of benzene rings is 1. The number of ether oxygens (including phenoxy) is 1. The van der Waals surface area contributed by atoms with E-state index < -0.39 is 13.6 Å². The van der Waals surface area contributed by atoms with Gasteiger partial charge in [-0.1, -0.05) is 18.2 Å². The molecule has 1 aromatic carbocycles. The van der Waals surface area contributed by atoms with Crippen LogP contribution in [-0.2, 0) is 14.5 Å². The van der Waals surface area contributed by atoms with Gasteiger partial charge in [0.15, 0.2) is 0 Å². The minimum atomic E-state index is -1.80. The fourth-order valence-corrected chi connectivity index (χ4v) is 7.59. The largest absolute Gasteiger partial charge is 0.624 e. The number of rotatable bonds is 3. The summed E-state index contributed by atoms with van der Waals surface area (Å²) in [6.45, 7) is 0. The van der Waals surface area contributed by atoms with E-state index in [1.54, 1.807) is 7.11 Å². The molecule has 5 aliphatic rings. The summed E-state index contributed by atoms with van der Waals surface area (Å²) in [6.07, 6.45) is 7.37. The SMILES string of the molecule is COC1(C23CC4CC(CC(C4)C2)C3)OOC1=[P+]([O-])c1ccccc1. The third kappa shape index (κ3) is 1.98. The molecule has 1 aromatic rings. The second kappa shape index (κ2) is 5.36. The van der Waals surface area contributed by atoms with Gasteiger partial charge in [0, 0.05) is 12.5 Å². The van der Waals surface area contributed by atoms with Crippen LogP contribution in [0.25, 0.3) is 0 Å². The van der Waals surface area contributed by atoms with Crippen LogP contribution in [0.15, 0.2) is 30.3 Å². The second-order valence-corrected chi connectivity index (χ2v) is 9.63. The molecule has 6 rings (SSSR count). The summed E-state index contributed by atoms with van der Waals surface area (Å²) in [5.74, 6) is 1.38. The average molecular weight is 346 g/mol. The highest BCUT2D eigenvalue weighted by Gasteiger charge is 2.72. The van der Waals surface area contributed by atoms with Crippen LogP contribution in [0.4, 0.5) is 0 Å². The summed E-state index contributed by atoms with van der Waals surface area (Å²) in [6, 6.07) is 9.50. The van der Waals surface area contributed by atoms with E-state index >= 15 is 0 Å². The highest BCUT2D eigenvalue weighted by molar-refractivity contribution is 7.59. The van der Waals surface area contributed by atoms with Crippen LogP contribution in [0.5, 0.6) is 0 Å². The lowest BCUT2D eigenvalue weighted by molar-refractivity contribution is -0.468. The predicted molar refractivity (Wildman–Crippen MR) is 90.5 cm³/mol. The van der Waals surface area contributed by atoms with E-state index in [0.29, 0.717) is 5.48 Å².